The standard InChI is InChI=1S/C36H41N7O6/c1-3-22(2)32(43-35(48)29(18-27-19-38-21-40-27)42-30(44)17-23-9-5-4-6-10-23)33(46)36(49)39-20-31(45)41-28(34(37)47)16-24-13-14-25-11-7-8-12-26(25)15-24/h4-15,19,21-22,28-29,32H,3,16-18,20H2,1-2H3,(H2,37,47)(H,38,40)(H,39,49)(H,41,45)(H,42,44)(H,43,48). The van der Waals surface area contributed by atoms with Gasteiger partial charge in [0.25, 0.3) is 5.91 Å². The number of rotatable bonds is 17. The van der Waals surface area contributed by atoms with Gasteiger partial charge >= 0.3 is 0 Å². The van der Waals surface area contributed by atoms with E-state index < -0.39 is 65.9 Å². The summed E-state index contributed by atoms with van der Waals surface area (Å²) >= 11 is 0. The van der Waals surface area contributed by atoms with Crippen LogP contribution in [0.15, 0.2) is 85.3 Å². The summed E-state index contributed by atoms with van der Waals surface area (Å²) in [6, 6.07) is 18.9. The van der Waals surface area contributed by atoms with Crippen LogP contribution in [0.5, 0.6) is 0 Å². The van der Waals surface area contributed by atoms with Crippen molar-refractivity contribution in [3.8, 4) is 0 Å². The summed E-state index contributed by atoms with van der Waals surface area (Å²) in [7, 11) is 0. The lowest BCUT2D eigenvalue weighted by atomic mass is 9.94. The summed E-state index contributed by atoms with van der Waals surface area (Å²) in [4.78, 5) is 84.6. The summed E-state index contributed by atoms with van der Waals surface area (Å²) < 4.78 is 0. The van der Waals surface area contributed by atoms with E-state index in [9.17, 15) is 28.8 Å². The Hall–Kier alpha value is -5.85. The Labute approximate surface area is 283 Å². The van der Waals surface area contributed by atoms with Crippen molar-refractivity contribution in [1.29, 1.82) is 0 Å². The number of carbonyl (C=O) groups is 6. The molecule has 0 saturated heterocycles. The Kier molecular flexibility index (Phi) is 12.7. The third kappa shape index (κ3) is 10.6. The second-order valence-corrected chi connectivity index (χ2v) is 11.9. The number of ketones is 1. The first kappa shape index (κ1) is 36.0. The Morgan fingerprint density at radius 1 is 0.796 bits per heavy atom. The molecule has 0 bridgehead atoms. The van der Waals surface area contributed by atoms with Crippen LogP contribution >= 0.6 is 0 Å². The summed E-state index contributed by atoms with van der Waals surface area (Å²) in [6.07, 6.45) is 3.65. The summed E-state index contributed by atoms with van der Waals surface area (Å²) in [6.45, 7) is 2.89. The minimum Gasteiger partial charge on any atom is -0.368 e. The maximum Gasteiger partial charge on any atom is 0.290 e. The molecule has 0 aliphatic carbocycles. The lowest BCUT2D eigenvalue weighted by molar-refractivity contribution is -0.141. The molecular formula is C36H41N7O6. The molecule has 13 heteroatoms. The third-order valence-corrected chi connectivity index (χ3v) is 8.19. The molecule has 3 aromatic carbocycles. The molecule has 256 valence electrons. The Balaban J connectivity index is 1.37. The number of amides is 5. The molecule has 4 atom stereocenters. The SMILES string of the molecule is CCC(C)C(NC(=O)C(Cc1c[nH]cn1)NC(=O)Cc1ccccc1)C(=O)C(=O)NCC(=O)NC(Cc1ccc2ccccc2c1)C(N)=O. The number of nitrogens with two attached hydrogens (primary N) is 1. The number of carbonyl (C=O) groups excluding carboxylic acids is 6. The van der Waals surface area contributed by atoms with E-state index in [1.807, 2.05) is 48.5 Å². The third-order valence-electron chi connectivity index (χ3n) is 8.19. The molecule has 0 saturated carbocycles. The number of nitrogens with one attached hydrogen (secondary N) is 5. The Morgan fingerprint density at radius 2 is 1.49 bits per heavy atom. The first-order chi connectivity index (χ1) is 23.5. The van der Waals surface area contributed by atoms with Crippen molar-refractivity contribution < 1.29 is 28.8 Å². The molecule has 0 aliphatic rings. The van der Waals surface area contributed by atoms with E-state index in [0.29, 0.717) is 12.1 Å². The van der Waals surface area contributed by atoms with Gasteiger partial charge in [0, 0.05) is 19.0 Å². The molecular weight excluding hydrogens is 626 g/mol. The van der Waals surface area contributed by atoms with E-state index in [1.54, 1.807) is 44.3 Å². The van der Waals surface area contributed by atoms with Crippen LogP contribution in [0, 0.1) is 5.92 Å². The Bertz CT molecular complexity index is 1780. The number of aromatic nitrogens is 2. The van der Waals surface area contributed by atoms with E-state index in [-0.39, 0.29) is 19.3 Å². The van der Waals surface area contributed by atoms with Crippen LogP contribution in [0.25, 0.3) is 10.8 Å². The summed E-state index contributed by atoms with van der Waals surface area (Å²) in [5.41, 5.74) is 7.58. The van der Waals surface area contributed by atoms with Crippen LogP contribution in [0.1, 0.15) is 37.1 Å². The number of hydrogen-bond acceptors (Lipinski definition) is 7. The molecule has 4 unspecified atom stereocenters. The zero-order valence-corrected chi connectivity index (χ0v) is 27.4. The van der Waals surface area contributed by atoms with Crippen molar-refractivity contribution in [2.45, 2.75) is 57.7 Å². The molecule has 5 amide bonds. The molecule has 1 aromatic heterocycles. The maximum atomic E-state index is 13.5. The van der Waals surface area contributed by atoms with Gasteiger partial charge in [0.2, 0.25) is 29.4 Å². The van der Waals surface area contributed by atoms with E-state index >= 15 is 0 Å². The largest absolute Gasteiger partial charge is 0.368 e. The number of primary amides is 1. The zero-order valence-electron chi connectivity index (χ0n) is 27.4. The van der Waals surface area contributed by atoms with Gasteiger partial charge in [-0.3, -0.25) is 28.8 Å². The molecule has 49 heavy (non-hydrogen) atoms. The van der Waals surface area contributed by atoms with Crippen molar-refractivity contribution in [2.75, 3.05) is 6.54 Å². The second-order valence-electron chi connectivity index (χ2n) is 11.9. The van der Waals surface area contributed by atoms with Crippen molar-refractivity contribution >= 4 is 46.1 Å². The molecule has 4 rings (SSSR count). The van der Waals surface area contributed by atoms with Crippen LogP contribution in [-0.4, -0.2) is 70.0 Å². The van der Waals surface area contributed by atoms with Gasteiger partial charge < -0.3 is 32.0 Å². The number of hydrogen-bond donors (Lipinski definition) is 6. The molecule has 13 nitrogen and oxygen atoms in total. The highest BCUT2D eigenvalue weighted by atomic mass is 16.2. The highest BCUT2D eigenvalue weighted by molar-refractivity contribution is 6.38. The molecule has 0 radical (unpaired) electrons. The molecule has 1 heterocycles. The van der Waals surface area contributed by atoms with Gasteiger partial charge in [0.1, 0.15) is 12.1 Å². The predicted molar refractivity (Wildman–Crippen MR) is 183 cm³/mol. The van der Waals surface area contributed by atoms with Crippen LogP contribution in [0.2, 0.25) is 0 Å². The summed E-state index contributed by atoms with van der Waals surface area (Å²) in [5.74, 6) is -5.10. The predicted octanol–water partition coefficient (Wildman–Crippen LogP) is 1.26. The fraction of sp³-hybridized carbons (Fsp3) is 0.306. The van der Waals surface area contributed by atoms with E-state index in [4.69, 9.17) is 5.73 Å². The van der Waals surface area contributed by atoms with E-state index in [2.05, 4.69) is 31.2 Å². The number of H-pyrrole nitrogens is 1. The molecule has 7 N–H and O–H groups in total. The Morgan fingerprint density at radius 3 is 2.16 bits per heavy atom. The number of fused-ring (bicyclic) bond motifs is 1. The van der Waals surface area contributed by atoms with Crippen molar-refractivity contribution in [3.05, 3.63) is 102 Å². The second kappa shape index (κ2) is 17.3. The number of Topliss-reactive ketones (excluding diaryl/α,β-unsaturated/α-hetero) is 1. The average Bonchev–Trinajstić information content (AvgIpc) is 3.61. The normalized spacial score (nSPS) is 13.3. The van der Waals surface area contributed by atoms with Gasteiger partial charge in [-0.2, -0.15) is 0 Å². The number of imidazole rings is 1. The highest BCUT2D eigenvalue weighted by Gasteiger charge is 2.34. The van der Waals surface area contributed by atoms with Gasteiger partial charge in [-0.15, -0.1) is 0 Å². The summed E-state index contributed by atoms with van der Waals surface area (Å²) in [5, 5.41) is 12.1. The van der Waals surface area contributed by atoms with Gasteiger partial charge in [-0.25, -0.2) is 4.98 Å². The molecule has 4 aromatic rings. The molecule has 0 aliphatic heterocycles. The van der Waals surface area contributed by atoms with Crippen LogP contribution < -0.4 is 27.0 Å². The van der Waals surface area contributed by atoms with Crippen molar-refractivity contribution in [2.24, 2.45) is 11.7 Å². The average molecular weight is 668 g/mol. The highest BCUT2D eigenvalue weighted by Crippen LogP contribution is 2.17. The monoisotopic (exact) mass is 667 g/mol. The lowest BCUT2D eigenvalue weighted by Gasteiger charge is -2.26. The fourth-order valence-electron chi connectivity index (χ4n) is 5.26. The number of nitrogens with zero attached hydrogens (tertiary/aromatic N) is 1. The molecule has 0 fully saturated rings. The van der Waals surface area contributed by atoms with Crippen LogP contribution in [0.4, 0.5) is 0 Å². The quantitative estimate of drug-likeness (QED) is 0.0909. The van der Waals surface area contributed by atoms with Gasteiger partial charge in [0.15, 0.2) is 0 Å². The van der Waals surface area contributed by atoms with Gasteiger partial charge in [-0.05, 0) is 27.8 Å². The van der Waals surface area contributed by atoms with E-state index in [0.717, 1.165) is 21.9 Å². The minimum atomic E-state index is -1.25. The van der Waals surface area contributed by atoms with Crippen molar-refractivity contribution in [1.82, 2.24) is 31.2 Å². The van der Waals surface area contributed by atoms with Gasteiger partial charge in [0.05, 0.1) is 31.0 Å². The zero-order chi connectivity index (χ0) is 35.3. The smallest absolute Gasteiger partial charge is 0.290 e. The van der Waals surface area contributed by atoms with Crippen LogP contribution in [-0.2, 0) is 48.0 Å². The van der Waals surface area contributed by atoms with Crippen molar-refractivity contribution in [3.63, 3.8) is 0 Å². The van der Waals surface area contributed by atoms with E-state index in [1.165, 1.54) is 6.33 Å². The maximum absolute atomic E-state index is 13.5. The lowest BCUT2D eigenvalue weighted by Crippen LogP contribution is -2.57. The molecule has 0 spiro atoms. The topological polar surface area (TPSA) is 205 Å². The first-order valence-electron chi connectivity index (χ1n) is 16.0. The number of benzene rings is 3. The minimum absolute atomic E-state index is 0.0300. The first-order valence-corrected chi connectivity index (χ1v) is 16.0. The fourth-order valence-corrected chi connectivity index (χ4v) is 5.26. The van der Waals surface area contributed by atoms with Gasteiger partial charge in [-0.1, -0.05) is 93.1 Å². The van der Waals surface area contributed by atoms with Crippen LogP contribution in [0.3, 0.4) is 0 Å². The number of aromatic amines is 1.